The number of nitrogens with zero attached hydrogens (tertiary/aromatic N) is 1. The number of hydrogen-bond donors (Lipinski definition) is 0. The fraction of sp³-hybridized carbons (Fsp3) is 0.316. The predicted molar refractivity (Wildman–Crippen MR) is 100 cm³/mol. The Morgan fingerprint density at radius 2 is 1.62 bits per heavy atom. The summed E-state index contributed by atoms with van der Waals surface area (Å²) in [6, 6.07) is 11.5. The van der Waals surface area contributed by atoms with Gasteiger partial charge in [-0.3, -0.25) is 9.10 Å². The minimum Gasteiger partial charge on any atom is -0.494 e. The summed E-state index contributed by atoms with van der Waals surface area (Å²) in [5.74, 6) is -0.0592. The average molecular weight is 377 g/mol. The maximum absolute atomic E-state index is 13.2. The first-order valence-electron chi connectivity index (χ1n) is 8.18. The average Bonchev–Trinajstić information content (AvgIpc) is 2.59. The molecule has 0 heterocycles. The molecular weight excluding hydrogens is 354 g/mol. The van der Waals surface area contributed by atoms with Crippen LogP contribution in [0.4, 0.5) is 5.69 Å². The highest BCUT2D eigenvalue weighted by Gasteiger charge is 2.28. The van der Waals surface area contributed by atoms with E-state index in [0.29, 0.717) is 18.0 Å². The Hall–Kier alpha value is -2.54. The van der Waals surface area contributed by atoms with E-state index in [1.807, 2.05) is 26.8 Å². The van der Waals surface area contributed by atoms with Gasteiger partial charge in [0.2, 0.25) is 0 Å². The molecule has 0 aliphatic carbocycles. The molecule has 2 aromatic rings. The van der Waals surface area contributed by atoms with Gasteiger partial charge in [0.1, 0.15) is 12.3 Å². The minimum atomic E-state index is -3.95. The number of rotatable bonds is 7. The van der Waals surface area contributed by atoms with Crippen LogP contribution in [0.15, 0.2) is 47.4 Å². The normalized spacial score (nSPS) is 11.1. The Labute approximate surface area is 154 Å². The van der Waals surface area contributed by atoms with E-state index in [1.165, 1.54) is 19.2 Å². The second-order valence-electron chi connectivity index (χ2n) is 5.84. The molecule has 0 spiro atoms. The Morgan fingerprint density at radius 1 is 1.04 bits per heavy atom. The SMILES string of the molecule is CCOc1ccc(S(=O)(=O)N(CC(=O)OC)c2cc(C)cc(C)c2)cc1. The largest absolute Gasteiger partial charge is 0.494 e. The van der Waals surface area contributed by atoms with Crippen molar-refractivity contribution in [3.63, 3.8) is 0 Å². The van der Waals surface area contributed by atoms with Crippen molar-refractivity contribution in [2.24, 2.45) is 0 Å². The molecule has 0 aliphatic heterocycles. The highest BCUT2D eigenvalue weighted by Crippen LogP contribution is 2.27. The van der Waals surface area contributed by atoms with E-state index in [0.717, 1.165) is 15.4 Å². The number of ether oxygens (including phenoxy) is 2. The van der Waals surface area contributed by atoms with Crippen molar-refractivity contribution in [2.45, 2.75) is 25.7 Å². The van der Waals surface area contributed by atoms with Crippen molar-refractivity contribution in [3.8, 4) is 5.75 Å². The molecule has 0 bridgehead atoms. The van der Waals surface area contributed by atoms with E-state index in [-0.39, 0.29) is 4.90 Å². The van der Waals surface area contributed by atoms with Crippen LogP contribution in [-0.4, -0.2) is 34.6 Å². The highest BCUT2D eigenvalue weighted by molar-refractivity contribution is 7.92. The molecule has 0 fully saturated rings. The summed E-state index contributed by atoms with van der Waals surface area (Å²) >= 11 is 0. The van der Waals surface area contributed by atoms with Gasteiger partial charge in [-0.25, -0.2) is 8.42 Å². The van der Waals surface area contributed by atoms with E-state index in [2.05, 4.69) is 4.74 Å². The van der Waals surface area contributed by atoms with Gasteiger partial charge < -0.3 is 9.47 Å². The first-order valence-corrected chi connectivity index (χ1v) is 9.62. The van der Waals surface area contributed by atoms with Gasteiger partial charge in [-0.1, -0.05) is 6.07 Å². The Balaban J connectivity index is 2.50. The zero-order valence-electron chi connectivity index (χ0n) is 15.4. The summed E-state index contributed by atoms with van der Waals surface area (Å²) in [4.78, 5) is 11.9. The summed E-state index contributed by atoms with van der Waals surface area (Å²) in [6.45, 7) is 5.67. The van der Waals surface area contributed by atoms with Crippen LogP contribution >= 0.6 is 0 Å². The van der Waals surface area contributed by atoms with Gasteiger partial charge in [0.25, 0.3) is 10.0 Å². The van der Waals surface area contributed by atoms with Crippen LogP contribution in [0, 0.1) is 13.8 Å². The maximum atomic E-state index is 13.2. The molecule has 0 aliphatic rings. The highest BCUT2D eigenvalue weighted by atomic mass is 32.2. The number of methoxy groups -OCH3 is 1. The summed E-state index contributed by atoms with van der Waals surface area (Å²) in [7, 11) is -2.72. The molecule has 0 saturated heterocycles. The Kier molecular flexibility index (Phi) is 6.26. The van der Waals surface area contributed by atoms with E-state index in [4.69, 9.17) is 4.74 Å². The van der Waals surface area contributed by atoms with Crippen LogP contribution in [0.5, 0.6) is 5.75 Å². The fourth-order valence-corrected chi connectivity index (χ4v) is 3.99. The Bertz CT molecular complexity index is 855. The molecule has 2 rings (SSSR count). The third-order valence-electron chi connectivity index (χ3n) is 3.72. The lowest BCUT2D eigenvalue weighted by atomic mass is 10.1. The molecule has 0 N–H and O–H groups in total. The van der Waals surface area contributed by atoms with Crippen molar-refractivity contribution in [3.05, 3.63) is 53.6 Å². The molecule has 140 valence electrons. The van der Waals surface area contributed by atoms with Crippen molar-refractivity contribution in [1.82, 2.24) is 0 Å². The quantitative estimate of drug-likeness (QED) is 0.694. The van der Waals surface area contributed by atoms with Gasteiger partial charge in [0, 0.05) is 0 Å². The monoisotopic (exact) mass is 377 g/mol. The smallest absolute Gasteiger partial charge is 0.326 e. The van der Waals surface area contributed by atoms with E-state index < -0.39 is 22.5 Å². The number of carbonyl (C=O) groups is 1. The molecule has 0 amide bonds. The van der Waals surface area contributed by atoms with Crippen LogP contribution in [0.25, 0.3) is 0 Å². The first kappa shape index (κ1) is 19.8. The zero-order chi connectivity index (χ0) is 19.3. The second kappa shape index (κ2) is 8.23. The summed E-state index contributed by atoms with van der Waals surface area (Å²) < 4.78 is 37.4. The van der Waals surface area contributed by atoms with Gasteiger partial charge >= 0.3 is 5.97 Å². The number of aryl methyl sites for hydroxylation is 2. The molecule has 7 heteroatoms. The standard InChI is InChI=1S/C19H23NO5S/c1-5-25-17-6-8-18(9-7-17)26(22,23)20(13-19(21)24-4)16-11-14(2)10-15(3)12-16/h6-12H,5,13H2,1-4H3. The molecule has 2 aromatic carbocycles. The minimum absolute atomic E-state index is 0.0732. The van der Waals surface area contributed by atoms with Crippen molar-refractivity contribution in [2.75, 3.05) is 24.6 Å². The molecule has 0 radical (unpaired) electrons. The molecule has 6 nitrogen and oxygen atoms in total. The number of hydrogen-bond acceptors (Lipinski definition) is 5. The van der Waals surface area contributed by atoms with Crippen LogP contribution in [0.2, 0.25) is 0 Å². The number of esters is 1. The van der Waals surface area contributed by atoms with E-state index in [1.54, 1.807) is 24.3 Å². The van der Waals surface area contributed by atoms with Gasteiger partial charge in [-0.2, -0.15) is 0 Å². The van der Waals surface area contributed by atoms with Gasteiger partial charge in [0.05, 0.1) is 24.3 Å². The van der Waals surface area contributed by atoms with Crippen LogP contribution in [0.3, 0.4) is 0 Å². The molecule has 0 atom stereocenters. The lowest BCUT2D eigenvalue weighted by Gasteiger charge is -2.24. The van der Waals surface area contributed by atoms with Crippen LogP contribution < -0.4 is 9.04 Å². The number of sulfonamides is 1. The summed E-state index contributed by atoms with van der Waals surface area (Å²) in [5.41, 5.74) is 2.22. The van der Waals surface area contributed by atoms with Crippen molar-refractivity contribution < 1.29 is 22.7 Å². The van der Waals surface area contributed by atoms with Crippen LogP contribution in [-0.2, 0) is 19.6 Å². The molecule has 0 saturated carbocycles. The number of benzene rings is 2. The molecule has 0 unspecified atom stereocenters. The first-order chi connectivity index (χ1) is 12.3. The van der Waals surface area contributed by atoms with Crippen molar-refractivity contribution in [1.29, 1.82) is 0 Å². The van der Waals surface area contributed by atoms with Gasteiger partial charge in [-0.05, 0) is 68.3 Å². The predicted octanol–water partition coefficient (Wildman–Crippen LogP) is 3.07. The lowest BCUT2D eigenvalue weighted by molar-refractivity contribution is -0.138. The van der Waals surface area contributed by atoms with E-state index in [9.17, 15) is 13.2 Å². The molecule has 0 aromatic heterocycles. The molecule has 26 heavy (non-hydrogen) atoms. The van der Waals surface area contributed by atoms with Gasteiger partial charge in [-0.15, -0.1) is 0 Å². The van der Waals surface area contributed by atoms with Gasteiger partial charge in [0.15, 0.2) is 0 Å². The summed E-state index contributed by atoms with van der Waals surface area (Å²) in [6.07, 6.45) is 0. The fourth-order valence-electron chi connectivity index (χ4n) is 2.59. The number of anilines is 1. The summed E-state index contributed by atoms with van der Waals surface area (Å²) in [5, 5.41) is 0. The Morgan fingerprint density at radius 3 is 2.12 bits per heavy atom. The third kappa shape index (κ3) is 4.54. The maximum Gasteiger partial charge on any atom is 0.326 e. The van der Waals surface area contributed by atoms with Crippen molar-refractivity contribution >= 4 is 21.7 Å². The third-order valence-corrected chi connectivity index (χ3v) is 5.51. The molecular formula is C19H23NO5S. The number of carbonyl (C=O) groups excluding carboxylic acids is 1. The topological polar surface area (TPSA) is 72.9 Å². The van der Waals surface area contributed by atoms with Crippen LogP contribution in [0.1, 0.15) is 18.1 Å². The lowest BCUT2D eigenvalue weighted by Crippen LogP contribution is -2.36. The zero-order valence-corrected chi connectivity index (χ0v) is 16.2. The second-order valence-corrected chi connectivity index (χ2v) is 7.70. The van der Waals surface area contributed by atoms with E-state index >= 15 is 0 Å².